The summed E-state index contributed by atoms with van der Waals surface area (Å²) in [6.07, 6.45) is 0.740. The van der Waals surface area contributed by atoms with Gasteiger partial charge in [-0.3, -0.25) is 13.9 Å². The Hall–Kier alpha value is -3.36. The molecule has 7 nitrogen and oxygen atoms in total. The van der Waals surface area contributed by atoms with Gasteiger partial charge in [-0.15, -0.1) is 0 Å². The van der Waals surface area contributed by atoms with E-state index in [1.165, 1.54) is 17.0 Å². The molecule has 3 aromatic carbocycles. The lowest BCUT2D eigenvalue weighted by molar-refractivity contribution is -0.139. The highest BCUT2D eigenvalue weighted by Crippen LogP contribution is 2.26. The maximum atomic E-state index is 13.8. The molecule has 1 N–H and O–H groups in total. The molecule has 2 amide bonds. The number of amides is 2. The van der Waals surface area contributed by atoms with Gasteiger partial charge >= 0.3 is 0 Å². The predicted octanol–water partition coefficient (Wildman–Crippen LogP) is 5.18. The predicted molar refractivity (Wildman–Crippen MR) is 152 cm³/mol. The van der Waals surface area contributed by atoms with Crippen LogP contribution in [0.1, 0.15) is 38.3 Å². The van der Waals surface area contributed by atoms with E-state index < -0.39 is 28.5 Å². The molecule has 0 fully saturated rings. The second-order valence-corrected chi connectivity index (χ2v) is 11.6. The van der Waals surface area contributed by atoms with Crippen molar-refractivity contribution in [2.24, 2.45) is 0 Å². The molecule has 0 aliphatic heterocycles. The summed E-state index contributed by atoms with van der Waals surface area (Å²) in [4.78, 5) is 28.4. The van der Waals surface area contributed by atoms with Crippen LogP contribution in [-0.4, -0.2) is 43.8 Å². The lowest BCUT2D eigenvalue weighted by atomic mass is 10.1. The number of nitrogens with zero attached hydrogens (tertiary/aromatic N) is 2. The molecule has 3 rings (SSSR count). The highest BCUT2D eigenvalue weighted by molar-refractivity contribution is 7.92. The van der Waals surface area contributed by atoms with E-state index in [4.69, 9.17) is 11.6 Å². The lowest BCUT2D eigenvalue weighted by Gasteiger charge is -2.32. The van der Waals surface area contributed by atoms with Gasteiger partial charge in [-0.2, -0.15) is 0 Å². The van der Waals surface area contributed by atoms with Gasteiger partial charge < -0.3 is 10.2 Å². The third-order valence-electron chi connectivity index (χ3n) is 6.37. The first kappa shape index (κ1) is 29.2. The zero-order chi connectivity index (χ0) is 27.9. The third-order valence-corrected chi connectivity index (χ3v) is 8.41. The van der Waals surface area contributed by atoms with Crippen LogP contribution in [0.25, 0.3) is 0 Å². The van der Waals surface area contributed by atoms with Crippen molar-refractivity contribution in [3.8, 4) is 0 Å². The Morgan fingerprint density at radius 1 is 0.921 bits per heavy atom. The highest BCUT2D eigenvalue weighted by Gasteiger charge is 2.32. The van der Waals surface area contributed by atoms with Crippen LogP contribution in [0, 0.1) is 6.92 Å². The van der Waals surface area contributed by atoms with Crippen LogP contribution < -0.4 is 9.62 Å². The molecule has 0 heterocycles. The molecule has 0 saturated carbocycles. The van der Waals surface area contributed by atoms with Gasteiger partial charge in [0.15, 0.2) is 0 Å². The second-order valence-electron chi connectivity index (χ2n) is 9.30. The van der Waals surface area contributed by atoms with E-state index in [0.717, 1.165) is 21.9 Å². The van der Waals surface area contributed by atoms with Gasteiger partial charge in [-0.25, -0.2) is 8.42 Å². The van der Waals surface area contributed by atoms with Crippen LogP contribution in [0.2, 0.25) is 5.02 Å². The quantitative estimate of drug-likeness (QED) is 0.353. The minimum atomic E-state index is -4.11. The maximum absolute atomic E-state index is 13.8. The van der Waals surface area contributed by atoms with E-state index in [9.17, 15) is 18.0 Å². The monoisotopic (exact) mass is 555 g/mol. The average Bonchev–Trinajstić information content (AvgIpc) is 2.91. The first-order valence-corrected chi connectivity index (χ1v) is 14.3. The molecule has 0 radical (unpaired) electrons. The molecule has 0 aromatic heterocycles. The fourth-order valence-electron chi connectivity index (χ4n) is 3.80. The molecule has 0 spiro atoms. The van der Waals surface area contributed by atoms with Crippen LogP contribution in [0.15, 0.2) is 83.8 Å². The zero-order valence-corrected chi connectivity index (χ0v) is 23.7. The SMILES string of the molecule is CC[C@H](C)NC(=O)[C@@H](C)N(Cc1ccccc1)C(=O)CN(c1ccc(Cl)cc1)S(=O)(=O)c1ccc(C)cc1. The largest absolute Gasteiger partial charge is 0.352 e. The van der Waals surface area contributed by atoms with Crippen LogP contribution in [0.3, 0.4) is 0 Å². The Kier molecular flexibility index (Phi) is 9.94. The van der Waals surface area contributed by atoms with Gasteiger partial charge in [-0.1, -0.05) is 66.6 Å². The van der Waals surface area contributed by atoms with E-state index >= 15 is 0 Å². The van der Waals surface area contributed by atoms with Crippen molar-refractivity contribution in [2.75, 3.05) is 10.8 Å². The topological polar surface area (TPSA) is 86.8 Å². The maximum Gasteiger partial charge on any atom is 0.264 e. The average molecular weight is 556 g/mol. The summed E-state index contributed by atoms with van der Waals surface area (Å²) in [5.74, 6) is -0.811. The van der Waals surface area contributed by atoms with Crippen LogP contribution in [-0.2, 0) is 26.2 Å². The van der Waals surface area contributed by atoms with Crippen LogP contribution in [0.5, 0.6) is 0 Å². The van der Waals surface area contributed by atoms with Gasteiger partial charge in [0.25, 0.3) is 10.0 Å². The number of benzene rings is 3. The molecule has 202 valence electrons. The summed E-state index contributed by atoms with van der Waals surface area (Å²) in [6, 6.07) is 21.1. The fraction of sp³-hybridized carbons (Fsp3) is 0.310. The van der Waals surface area contributed by atoms with Crippen molar-refractivity contribution in [2.45, 2.75) is 57.6 Å². The van der Waals surface area contributed by atoms with Gasteiger partial charge in [0.1, 0.15) is 12.6 Å². The normalized spacial score (nSPS) is 12.9. The number of hydrogen-bond acceptors (Lipinski definition) is 4. The molecule has 0 bridgehead atoms. The zero-order valence-electron chi connectivity index (χ0n) is 22.1. The number of hydrogen-bond donors (Lipinski definition) is 1. The van der Waals surface area contributed by atoms with E-state index in [-0.39, 0.29) is 23.4 Å². The number of carbonyl (C=O) groups is 2. The van der Waals surface area contributed by atoms with Crippen LogP contribution >= 0.6 is 11.6 Å². The number of rotatable bonds is 11. The Labute approximate surface area is 230 Å². The molecular formula is C29H34ClN3O4S. The van der Waals surface area contributed by atoms with Gasteiger partial charge in [-0.05, 0) is 69.2 Å². The second kappa shape index (κ2) is 12.9. The number of sulfonamides is 1. The Bertz CT molecular complexity index is 1330. The molecule has 0 aliphatic rings. The molecule has 0 saturated heterocycles. The van der Waals surface area contributed by atoms with Crippen molar-refractivity contribution in [3.05, 3.63) is 95.0 Å². The fourth-order valence-corrected chi connectivity index (χ4v) is 5.34. The number of anilines is 1. The molecule has 0 aliphatic carbocycles. The van der Waals surface area contributed by atoms with E-state index in [1.54, 1.807) is 43.3 Å². The Balaban J connectivity index is 2.00. The molecular weight excluding hydrogens is 522 g/mol. The Morgan fingerprint density at radius 3 is 2.11 bits per heavy atom. The van der Waals surface area contributed by atoms with Crippen molar-refractivity contribution in [1.29, 1.82) is 0 Å². The summed E-state index contributed by atoms with van der Waals surface area (Å²) in [7, 11) is -4.11. The summed E-state index contributed by atoms with van der Waals surface area (Å²) in [6.45, 7) is 7.02. The molecule has 2 atom stereocenters. The standard InChI is InChI=1S/C29H34ClN3O4S/c1-5-22(3)31-29(35)23(4)32(19-24-9-7-6-8-10-24)28(34)20-33(26-15-13-25(30)14-16-26)38(36,37)27-17-11-21(2)12-18-27/h6-18,22-23H,5,19-20H2,1-4H3,(H,31,35)/t22-,23+/m0/s1. The number of carbonyl (C=O) groups excluding carboxylic acids is 2. The Morgan fingerprint density at radius 2 is 1.53 bits per heavy atom. The number of halogens is 1. The first-order valence-electron chi connectivity index (χ1n) is 12.5. The minimum Gasteiger partial charge on any atom is -0.352 e. The summed E-state index contributed by atoms with van der Waals surface area (Å²) in [5.41, 5.74) is 2.02. The van der Waals surface area contributed by atoms with Crippen molar-refractivity contribution in [3.63, 3.8) is 0 Å². The summed E-state index contributed by atoms with van der Waals surface area (Å²) in [5, 5.41) is 3.36. The van der Waals surface area contributed by atoms with Crippen molar-refractivity contribution >= 4 is 39.1 Å². The first-order chi connectivity index (χ1) is 18.0. The van der Waals surface area contributed by atoms with Crippen LogP contribution in [0.4, 0.5) is 5.69 Å². The van der Waals surface area contributed by atoms with Crippen molar-refractivity contribution < 1.29 is 18.0 Å². The summed E-state index contributed by atoms with van der Waals surface area (Å²) < 4.78 is 28.6. The number of aryl methyl sites for hydroxylation is 1. The van der Waals surface area contributed by atoms with Crippen molar-refractivity contribution in [1.82, 2.24) is 10.2 Å². The molecule has 0 unspecified atom stereocenters. The number of nitrogens with one attached hydrogen (secondary N) is 1. The van der Waals surface area contributed by atoms with E-state index in [2.05, 4.69) is 5.32 Å². The van der Waals surface area contributed by atoms with Gasteiger partial charge in [0.2, 0.25) is 11.8 Å². The van der Waals surface area contributed by atoms with Gasteiger partial charge in [0.05, 0.1) is 10.6 Å². The molecule has 38 heavy (non-hydrogen) atoms. The molecule has 3 aromatic rings. The lowest BCUT2D eigenvalue weighted by Crippen LogP contribution is -2.52. The van der Waals surface area contributed by atoms with Gasteiger partial charge in [0, 0.05) is 17.6 Å². The minimum absolute atomic E-state index is 0.0584. The highest BCUT2D eigenvalue weighted by atomic mass is 35.5. The third kappa shape index (κ3) is 7.36. The van der Waals surface area contributed by atoms with E-state index in [1.807, 2.05) is 51.1 Å². The smallest absolute Gasteiger partial charge is 0.264 e. The van der Waals surface area contributed by atoms with E-state index in [0.29, 0.717) is 10.7 Å². The molecule has 9 heteroatoms. The summed E-state index contributed by atoms with van der Waals surface area (Å²) >= 11 is 6.05.